The van der Waals surface area contributed by atoms with Crippen molar-refractivity contribution in [3.05, 3.63) is 71.0 Å². The number of hydrogen-bond donors (Lipinski definition) is 0. The van der Waals surface area contributed by atoms with Crippen LogP contribution < -0.4 is 5.01 Å². The predicted molar refractivity (Wildman–Crippen MR) is 101 cm³/mol. The van der Waals surface area contributed by atoms with Crippen molar-refractivity contribution in [1.82, 2.24) is 0 Å². The van der Waals surface area contributed by atoms with Gasteiger partial charge in [0.25, 0.3) is 0 Å². The van der Waals surface area contributed by atoms with E-state index in [9.17, 15) is 0 Å². The van der Waals surface area contributed by atoms with Gasteiger partial charge in [-0.3, -0.25) is 0 Å². The van der Waals surface area contributed by atoms with Crippen LogP contribution in [0.4, 0.5) is 11.4 Å². The number of allylic oxidation sites excluding steroid dienone is 1. The molecule has 4 heteroatoms. The summed E-state index contributed by atoms with van der Waals surface area (Å²) >= 11 is 3.83. The lowest BCUT2D eigenvalue weighted by molar-refractivity contribution is 1.08. The SMILES string of the molecule is C/C(C=C1SCCS1)=N\N(c1ccccc1)c1ccccc1. The Morgan fingerprint density at radius 3 is 1.91 bits per heavy atom. The normalized spacial score (nSPS) is 15.0. The third kappa shape index (κ3) is 3.96. The number of para-hydroxylation sites is 2. The molecule has 1 aliphatic rings. The van der Waals surface area contributed by atoms with E-state index in [1.165, 1.54) is 15.7 Å². The van der Waals surface area contributed by atoms with Crippen LogP contribution in [0.15, 0.2) is 76.1 Å². The van der Waals surface area contributed by atoms with Crippen molar-refractivity contribution in [2.75, 3.05) is 16.5 Å². The highest BCUT2D eigenvalue weighted by molar-refractivity contribution is 8.25. The molecule has 2 nitrogen and oxygen atoms in total. The van der Waals surface area contributed by atoms with Crippen LogP contribution in [-0.2, 0) is 0 Å². The lowest BCUT2D eigenvalue weighted by Gasteiger charge is -2.20. The van der Waals surface area contributed by atoms with Crippen LogP contribution in [0.3, 0.4) is 0 Å². The fraction of sp³-hybridized carbons (Fsp3) is 0.167. The summed E-state index contributed by atoms with van der Waals surface area (Å²) in [6, 6.07) is 20.5. The molecule has 3 rings (SSSR count). The van der Waals surface area contributed by atoms with Gasteiger partial charge in [-0.25, -0.2) is 5.01 Å². The molecule has 0 saturated carbocycles. The highest BCUT2D eigenvalue weighted by atomic mass is 32.2. The minimum absolute atomic E-state index is 1.02. The topological polar surface area (TPSA) is 15.6 Å². The maximum atomic E-state index is 4.83. The summed E-state index contributed by atoms with van der Waals surface area (Å²) in [5.74, 6) is 2.40. The molecule has 22 heavy (non-hydrogen) atoms. The summed E-state index contributed by atoms with van der Waals surface area (Å²) in [5.41, 5.74) is 3.15. The van der Waals surface area contributed by atoms with Crippen LogP contribution in [0.1, 0.15) is 6.92 Å². The van der Waals surface area contributed by atoms with E-state index in [1.54, 1.807) is 0 Å². The summed E-state index contributed by atoms with van der Waals surface area (Å²) in [5, 5.41) is 6.82. The first-order chi connectivity index (χ1) is 10.8. The monoisotopic (exact) mass is 326 g/mol. The van der Waals surface area contributed by atoms with Crippen molar-refractivity contribution < 1.29 is 0 Å². The van der Waals surface area contributed by atoms with E-state index in [0.717, 1.165) is 17.1 Å². The molecular formula is C18H18N2S2. The van der Waals surface area contributed by atoms with Crippen LogP contribution in [0.25, 0.3) is 0 Å². The first-order valence-corrected chi connectivity index (χ1v) is 9.23. The third-order valence-corrected chi connectivity index (χ3v) is 5.74. The fourth-order valence-electron chi connectivity index (χ4n) is 2.17. The summed E-state index contributed by atoms with van der Waals surface area (Å²) in [4.78, 5) is 0. The average Bonchev–Trinajstić information content (AvgIpc) is 3.07. The smallest absolute Gasteiger partial charge is 0.0652 e. The van der Waals surface area contributed by atoms with Gasteiger partial charge in [-0.1, -0.05) is 36.4 Å². The Hall–Kier alpha value is -1.65. The molecular weight excluding hydrogens is 308 g/mol. The Kier molecular flexibility index (Phi) is 5.24. The van der Waals surface area contributed by atoms with Gasteiger partial charge < -0.3 is 0 Å². The summed E-state index contributed by atoms with van der Waals surface area (Å²) in [6.45, 7) is 2.06. The second-order valence-electron chi connectivity index (χ2n) is 4.88. The van der Waals surface area contributed by atoms with Gasteiger partial charge in [0.1, 0.15) is 0 Å². The molecule has 0 N–H and O–H groups in total. The van der Waals surface area contributed by atoms with Crippen molar-refractivity contribution in [1.29, 1.82) is 0 Å². The first-order valence-electron chi connectivity index (χ1n) is 7.26. The van der Waals surface area contributed by atoms with Crippen molar-refractivity contribution >= 4 is 40.6 Å². The second kappa shape index (κ2) is 7.56. The van der Waals surface area contributed by atoms with E-state index in [2.05, 4.69) is 37.3 Å². The number of benzene rings is 2. The number of anilines is 2. The first kappa shape index (κ1) is 15.3. The summed E-state index contributed by atoms with van der Waals surface area (Å²) < 4.78 is 1.36. The van der Waals surface area contributed by atoms with Gasteiger partial charge >= 0.3 is 0 Å². The Morgan fingerprint density at radius 2 is 1.41 bits per heavy atom. The molecule has 1 saturated heterocycles. The van der Waals surface area contributed by atoms with Gasteiger partial charge in [0.2, 0.25) is 0 Å². The van der Waals surface area contributed by atoms with Crippen molar-refractivity contribution in [2.45, 2.75) is 6.92 Å². The molecule has 2 aromatic carbocycles. The van der Waals surface area contributed by atoms with Gasteiger partial charge in [-0.2, -0.15) is 5.10 Å². The van der Waals surface area contributed by atoms with E-state index in [0.29, 0.717) is 0 Å². The van der Waals surface area contributed by atoms with Gasteiger partial charge in [-0.05, 0) is 37.3 Å². The van der Waals surface area contributed by atoms with Crippen LogP contribution in [0.2, 0.25) is 0 Å². The number of hydrazone groups is 1. The number of hydrogen-bond acceptors (Lipinski definition) is 4. The molecule has 0 aromatic heterocycles. The lowest BCUT2D eigenvalue weighted by Crippen LogP contribution is -2.11. The van der Waals surface area contributed by atoms with Crippen LogP contribution >= 0.6 is 23.5 Å². The van der Waals surface area contributed by atoms with Gasteiger partial charge in [-0.15, -0.1) is 23.5 Å². The number of nitrogens with zero attached hydrogens (tertiary/aromatic N) is 2. The number of thioether (sulfide) groups is 2. The van der Waals surface area contributed by atoms with E-state index >= 15 is 0 Å². The molecule has 0 bridgehead atoms. The zero-order chi connectivity index (χ0) is 15.2. The standard InChI is InChI=1S/C18H18N2S2/c1-15(14-18-21-12-13-22-18)19-20(16-8-4-2-5-9-16)17-10-6-3-7-11-17/h2-11,14H,12-13H2,1H3/b19-15+. The Morgan fingerprint density at radius 1 is 0.909 bits per heavy atom. The quantitative estimate of drug-likeness (QED) is 0.543. The lowest BCUT2D eigenvalue weighted by atomic mass is 10.2. The maximum absolute atomic E-state index is 4.83. The Balaban J connectivity index is 1.94. The minimum atomic E-state index is 1.02. The predicted octanol–water partition coefficient (Wildman–Crippen LogP) is 5.52. The molecule has 1 fully saturated rings. The summed E-state index contributed by atoms with van der Waals surface area (Å²) in [7, 11) is 0. The highest BCUT2D eigenvalue weighted by Gasteiger charge is 2.10. The van der Waals surface area contributed by atoms with E-state index in [1.807, 2.05) is 64.9 Å². The third-order valence-electron chi connectivity index (χ3n) is 3.16. The van der Waals surface area contributed by atoms with E-state index < -0.39 is 0 Å². The molecule has 112 valence electrons. The minimum Gasteiger partial charge on any atom is -0.234 e. The van der Waals surface area contributed by atoms with Crippen molar-refractivity contribution in [3.63, 3.8) is 0 Å². The molecule has 0 unspecified atom stereocenters. The zero-order valence-corrected chi connectivity index (χ0v) is 14.1. The van der Waals surface area contributed by atoms with Gasteiger partial charge in [0.05, 0.1) is 17.1 Å². The fourth-order valence-corrected chi connectivity index (χ4v) is 4.58. The Labute approximate surface area is 140 Å². The molecule has 0 atom stereocenters. The van der Waals surface area contributed by atoms with E-state index in [4.69, 9.17) is 5.10 Å². The van der Waals surface area contributed by atoms with Gasteiger partial charge in [0, 0.05) is 15.7 Å². The van der Waals surface area contributed by atoms with Crippen LogP contribution in [-0.4, -0.2) is 17.2 Å². The molecule has 2 aromatic rings. The van der Waals surface area contributed by atoms with Crippen LogP contribution in [0.5, 0.6) is 0 Å². The molecule has 0 aliphatic carbocycles. The van der Waals surface area contributed by atoms with Crippen molar-refractivity contribution in [3.8, 4) is 0 Å². The Bertz CT molecular complexity index is 619. The highest BCUT2D eigenvalue weighted by Crippen LogP contribution is 2.36. The largest absolute Gasteiger partial charge is 0.234 e. The summed E-state index contributed by atoms with van der Waals surface area (Å²) in [6.07, 6.45) is 2.18. The average molecular weight is 326 g/mol. The van der Waals surface area contributed by atoms with Crippen LogP contribution in [0, 0.1) is 0 Å². The zero-order valence-electron chi connectivity index (χ0n) is 12.5. The maximum Gasteiger partial charge on any atom is 0.0652 e. The molecule has 0 spiro atoms. The molecule has 1 heterocycles. The van der Waals surface area contributed by atoms with Gasteiger partial charge in [0.15, 0.2) is 0 Å². The molecule has 0 radical (unpaired) electrons. The second-order valence-corrected chi connectivity index (χ2v) is 7.42. The molecule has 0 amide bonds. The van der Waals surface area contributed by atoms with E-state index in [-0.39, 0.29) is 0 Å². The molecule has 1 aliphatic heterocycles. The number of rotatable bonds is 4. The van der Waals surface area contributed by atoms with Crippen molar-refractivity contribution in [2.24, 2.45) is 5.10 Å².